The lowest BCUT2D eigenvalue weighted by molar-refractivity contribution is -0.122. The van der Waals surface area contributed by atoms with Gasteiger partial charge in [0.15, 0.2) is 0 Å². The van der Waals surface area contributed by atoms with Gasteiger partial charge in [-0.15, -0.1) is 0 Å². The molecule has 2 aromatic rings. The van der Waals surface area contributed by atoms with E-state index in [1.54, 1.807) is 12.1 Å². The van der Waals surface area contributed by atoms with E-state index in [0.29, 0.717) is 13.0 Å². The van der Waals surface area contributed by atoms with E-state index in [9.17, 15) is 9.18 Å². The van der Waals surface area contributed by atoms with Gasteiger partial charge in [-0.3, -0.25) is 9.48 Å². The van der Waals surface area contributed by atoms with Crippen LogP contribution in [0.3, 0.4) is 0 Å². The number of nitrogens with one attached hydrogen (secondary N) is 1. The second-order valence-corrected chi connectivity index (χ2v) is 7.84. The zero-order valence-corrected chi connectivity index (χ0v) is 15.8. The maximum Gasteiger partial charge on any atom is 0.222 e. The van der Waals surface area contributed by atoms with E-state index in [2.05, 4.69) is 31.2 Å². The van der Waals surface area contributed by atoms with Gasteiger partial charge in [0.2, 0.25) is 5.91 Å². The summed E-state index contributed by atoms with van der Waals surface area (Å²) in [6, 6.07) is 8.23. The lowest BCUT2D eigenvalue weighted by Crippen LogP contribution is -2.32. The Bertz CT molecular complexity index is 714. The molecule has 1 unspecified atom stereocenters. The van der Waals surface area contributed by atoms with Crippen molar-refractivity contribution >= 4 is 5.91 Å². The molecule has 1 atom stereocenters. The summed E-state index contributed by atoms with van der Waals surface area (Å²) in [5.74, 6) is -0.291. The molecular formula is C20H28FN3O. The third-order valence-corrected chi connectivity index (χ3v) is 4.08. The molecule has 0 saturated heterocycles. The van der Waals surface area contributed by atoms with Gasteiger partial charge in [-0.25, -0.2) is 4.39 Å². The van der Waals surface area contributed by atoms with Gasteiger partial charge < -0.3 is 5.32 Å². The normalized spacial score (nSPS) is 12.9. The van der Waals surface area contributed by atoms with Crippen molar-refractivity contribution in [3.8, 4) is 0 Å². The predicted molar refractivity (Wildman–Crippen MR) is 97.7 cm³/mol. The molecule has 0 radical (unpaired) electrons. The Kier molecular flexibility index (Phi) is 5.98. The fraction of sp³-hybridized carbons (Fsp3) is 0.500. The predicted octanol–water partition coefficient (Wildman–Crippen LogP) is 4.32. The molecule has 0 saturated carbocycles. The smallest absolute Gasteiger partial charge is 0.222 e. The van der Waals surface area contributed by atoms with Gasteiger partial charge in [0, 0.05) is 18.7 Å². The van der Waals surface area contributed by atoms with E-state index in [1.165, 1.54) is 12.1 Å². The molecule has 1 aromatic heterocycles. The molecule has 0 spiro atoms. The third-order valence-electron chi connectivity index (χ3n) is 4.08. The van der Waals surface area contributed by atoms with Crippen LogP contribution in [0.25, 0.3) is 0 Å². The van der Waals surface area contributed by atoms with E-state index >= 15 is 0 Å². The van der Waals surface area contributed by atoms with Gasteiger partial charge >= 0.3 is 0 Å². The standard InChI is InChI=1S/C20H28FN3O/c1-14-12-15(2)24(23-14)11-10-19(25)22-18(13-20(3,4)5)16-6-8-17(21)9-7-16/h6-9,12,18H,10-11,13H2,1-5H3,(H,22,25). The highest BCUT2D eigenvalue weighted by Crippen LogP contribution is 2.29. The minimum Gasteiger partial charge on any atom is -0.349 e. The van der Waals surface area contributed by atoms with E-state index in [-0.39, 0.29) is 23.2 Å². The Hall–Kier alpha value is -2.17. The molecular weight excluding hydrogens is 317 g/mol. The van der Waals surface area contributed by atoms with Crippen LogP contribution in [-0.2, 0) is 11.3 Å². The fourth-order valence-electron chi connectivity index (χ4n) is 2.93. The fourth-order valence-corrected chi connectivity index (χ4v) is 2.93. The summed E-state index contributed by atoms with van der Waals surface area (Å²) in [4.78, 5) is 12.4. The van der Waals surface area contributed by atoms with Crippen molar-refractivity contribution in [3.05, 3.63) is 53.1 Å². The van der Waals surface area contributed by atoms with Crippen molar-refractivity contribution in [1.29, 1.82) is 0 Å². The first-order valence-corrected chi connectivity index (χ1v) is 8.70. The Morgan fingerprint density at radius 1 is 1.24 bits per heavy atom. The summed E-state index contributed by atoms with van der Waals surface area (Å²) in [5, 5.41) is 7.49. The number of benzene rings is 1. The second-order valence-electron chi connectivity index (χ2n) is 7.84. The number of aryl methyl sites for hydroxylation is 3. The van der Waals surface area contributed by atoms with Crippen molar-refractivity contribution in [1.82, 2.24) is 15.1 Å². The molecule has 0 aliphatic rings. The number of aromatic nitrogens is 2. The highest BCUT2D eigenvalue weighted by molar-refractivity contribution is 5.76. The first-order valence-electron chi connectivity index (χ1n) is 8.70. The number of nitrogens with zero attached hydrogens (tertiary/aromatic N) is 2. The first kappa shape index (κ1) is 19.2. The number of hydrogen-bond acceptors (Lipinski definition) is 2. The van der Waals surface area contributed by atoms with Gasteiger partial charge in [0.25, 0.3) is 0 Å². The summed E-state index contributed by atoms with van der Waals surface area (Å²) < 4.78 is 15.1. The lowest BCUT2D eigenvalue weighted by Gasteiger charge is -2.27. The van der Waals surface area contributed by atoms with Crippen molar-refractivity contribution in [2.45, 2.75) is 60.0 Å². The zero-order valence-electron chi connectivity index (χ0n) is 15.8. The summed E-state index contributed by atoms with van der Waals surface area (Å²) in [6.07, 6.45) is 1.15. The first-order chi connectivity index (χ1) is 11.6. The van der Waals surface area contributed by atoms with Crippen LogP contribution >= 0.6 is 0 Å². The van der Waals surface area contributed by atoms with Gasteiger partial charge in [-0.2, -0.15) is 5.10 Å². The minimum absolute atomic E-state index is 0.0221. The average Bonchev–Trinajstić information content (AvgIpc) is 2.82. The quantitative estimate of drug-likeness (QED) is 0.847. The maximum absolute atomic E-state index is 13.2. The van der Waals surface area contributed by atoms with Crippen LogP contribution in [-0.4, -0.2) is 15.7 Å². The van der Waals surface area contributed by atoms with Crippen molar-refractivity contribution in [2.24, 2.45) is 5.41 Å². The van der Waals surface area contributed by atoms with E-state index in [0.717, 1.165) is 23.4 Å². The number of rotatable bonds is 6. The molecule has 1 aromatic carbocycles. The van der Waals surface area contributed by atoms with Crippen LogP contribution in [0.5, 0.6) is 0 Å². The summed E-state index contributed by atoms with van der Waals surface area (Å²) in [6.45, 7) is 10.9. The van der Waals surface area contributed by atoms with Crippen LogP contribution in [0.4, 0.5) is 4.39 Å². The number of hydrogen-bond donors (Lipinski definition) is 1. The van der Waals surface area contributed by atoms with E-state index in [4.69, 9.17) is 0 Å². The monoisotopic (exact) mass is 345 g/mol. The maximum atomic E-state index is 13.2. The molecule has 25 heavy (non-hydrogen) atoms. The number of halogens is 1. The zero-order chi connectivity index (χ0) is 18.6. The molecule has 5 heteroatoms. The van der Waals surface area contributed by atoms with Crippen molar-refractivity contribution in [3.63, 3.8) is 0 Å². The van der Waals surface area contributed by atoms with Crippen LogP contribution in [0.2, 0.25) is 0 Å². The highest BCUT2D eigenvalue weighted by Gasteiger charge is 2.22. The molecule has 0 aliphatic carbocycles. The summed E-state index contributed by atoms with van der Waals surface area (Å²) >= 11 is 0. The summed E-state index contributed by atoms with van der Waals surface area (Å²) in [7, 11) is 0. The lowest BCUT2D eigenvalue weighted by atomic mass is 9.85. The van der Waals surface area contributed by atoms with Gasteiger partial charge in [0.05, 0.1) is 11.7 Å². The molecule has 136 valence electrons. The molecule has 0 fully saturated rings. The minimum atomic E-state index is -0.269. The highest BCUT2D eigenvalue weighted by atomic mass is 19.1. The largest absolute Gasteiger partial charge is 0.349 e. The number of amides is 1. The number of carbonyl (C=O) groups excluding carboxylic acids is 1. The van der Waals surface area contributed by atoms with Gasteiger partial charge in [-0.05, 0) is 49.4 Å². The molecule has 1 N–H and O–H groups in total. The van der Waals surface area contributed by atoms with E-state index in [1.807, 2.05) is 24.6 Å². The number of carbonyl (C=O) groups is 1. The Morgan fingerprint density at radius 3 is 2.40 bits per heavy atom. The second kappa shape index (κ2) is 7.81. The molecule has 2 rings (SSSR count). The molecule has 4 nitrogen and oxygen atoms in total. The Labute approximate surface area is 149 Å². The molecule has 0 bridgehead atoms. The average molecular weight is 345 g/mol. The van der Waals surface area contributed by atoms with Crippen molar-refractivity contribution < 1.29 is 9.18 Å². The van der Waals surface area contributed by atoms with E-state index < -0.39 is 0 Å². The van der Waals surface area contributed by atoms with Gasteiger partial charge in [0.1, 0.15) is 5.82 Å². The molecule has 1 amide bonds. The van der Waals surface area contributed by atoms with Crippen LogP contribution in [0.1, 0.15) is 56.6 Å². The summed E-state index contributed by atoms with van der Waals surface area (Å²) in [5.41, 5.74) is 2.97. The SMILES string of the molecule is Cc1cc(C)n(CCC(=O)NC(CC(C)(C)C)c2ccc(F)cc2)n1. The molecule has 1 heterocycles. The van der Waals surface area contributed by atoms with Gasteiger partial charge in [-0.1, -0.05) is 32.9 Å². The topological polar surface area (TPSA) is 46.9 Å². The van der Waals surface area contributed by atoms with Crippen molar-refractivity contribution in [2.75, 3.05) is 0 Å². The third kappa shape index (κ3) is 6.00. The van der Waals surface area contributed by atoms with Crippen LogP contribution < -0.4 is 5.32 Å². The van der Waals surface area contributed by atoms with Crippen LogP contribution in [0.15, 0.2) is 30.3 Å². The Balaban J connectivity index is 2.03. The Morgan fingerprint density at radius 2 is 1.88 bits per heavy atom. The molecule has 0 aliphatic heterocycles. The van der Waals surface area contributed by atoms with Crippen LogP contribution in [0, 0.1) is 25.1 Å².